The fraction of sp³-hybridized carbons (Fsp3) is 0.750. The number of nitrogens with one attached hydrogen (secondary N) is 2. The third-order valence-electron chi connectivity index (χ3n) is 2.70. The highest BCUT2D eigenvalue weighted by molar-refractivity contribution is 5.78. The molecule has 16 heavy (non-hydrogen) atoms. The van der Waals surface area contributed by atoms with Crippen LogP contribution in [0.25, 0.3) is 0 Å². The van der Waals surface area contributed by atoms with Crippen LogP contribution in [-0.2, 0) is 9.53 Å². The molecule has 2 N–H and O–H groups in total. The highest BCUT2D eigenvalue weighted by atomic mass is 16.5. The lowest BCUT2D eigenvalue weighted by Crippen LogP contribution is -2.44. The number of carbonyl (C=O) groups is 1. The lowest BCUT2D eigenvalue weighted by molar-refractivity contribution is -0.121. The lowest BCUT2D eigenvalue weighted by Gasteiger charge is -2.23. The van der Waals surface area contributed by atoms with Crippen molar-refractivity contribution in [1.82, 2.24) is 10.6 Å². The summed E-state index contributed by atoms with van der Waals surface area (Å²) in [4.78, 5) is 11.6. The van der Waals surface area contributed by atoms with Gasteiger partial charge in [0, 0.05) is 19.3 Å². The first kappa shape index (κ1) is 13.0. The molecule has 0 aromatic rings. The summed E-state index contributed by atoms with van der Waals surface area (Å²) in [5.41, 5.74) is 0. The van der Waals surface area contributed by atoms with E-state index in [4.69, 9.17) is 11.2 Å². The smallest absolute Gasteiger partial charge is 0.234 e. The van der Waals surface area contributed by atoms with E-state index in [-0.39, 0.29) is 18.0 Å². The molecule has 0 aromatic carbocycles. The molecule has 1 fully saturated rings. The number of carbonyl (C=O) groups excluding carboxylic acids is 1. The fourth-order valence-electron chi connectivity index (χ4n) is 1.66. The minimum Gasteiger partial charge on any atom is -0.381 e. The van der Waals surface area contributed by atoms with Gasteiger partial charge in [0.2, 0.25) is 5.91 Å². The summed E-state index contributed by atoms with van der Waals surface area (Å²) < 4.78 is 5.22. The Morgan fingerprint density at radius 3 is 2.81 bits per heavy atom. The summed E-state index contributed by atoms with van der Waals surface area (Å²) in [5.74, 6) is 2.61. The molecule has 0 aromatic heterocycles. The molecule has 4 nitrogen and oxygen atoms in total. The SMILES string of the molecule is C#CC(CC)NCC(=O)NC1CCOCC1. The molecule has 1 rings (SSSR count). The van der Waals surface area contributed by atoms with Crippen molar-refractivity contribution in [2.75, 3.05) is 19.8 Å². The van der Waals surface area contributed by atoms with Crippen molar-refractivity contribution < 1.29 is 9.53 Å². The number of rotatable bonds is 5. The topological polar surface area (TPSA) is 50.4 Å². The fourth-order valence-corrected chi connectivity index (χ4v) is 1.66. The van der Waals surface area contributed by atoms with E-state index in [9.17, 15) is 4.79 Å². The molecule has 1 atom stereocenters. The summed E-state index contributed by atoms with van der Waals surface area (Å²) in [6.07, 6.45) is 7.93. The summed E-state index contributed by atoms with van der Waals surface area (Å²) in [7, 11) is 0. The Morgan fingerprint density at radius 2 is 2.25 bits per heavy atom. The minimum atomic E-state index is -0.0135. The third-order valence-corrected chi connectivity index (χ3v) is 2.70. The van der Waals surface area contributed by atoms with Gasteiger partial charge in [-0.05, 0) is 19.3 Å². The number of terminal acetylenes is 1. The van der Waals surface area contributed by atoms with Gasteiger partial charge in [-0.1, -0.05) is 12.8 Å². The lowest BCUT2D eigenvalue weighted by atomic mass is 10.1. The molecular weight excluding hydrogens is 204 g/mol. The van der Waals surface area contributed by atoms with Crippen LogP contribution < -0.4 is 10.6 Å². The van der Waals surface area contributed by atoms with Crippen LogP contribution in [0.1, 0.15) is 26.2 Å². The van der Waals surface area contributed by atoms with Crippen molar-refractivity contribution in [3.63, 3.8) is 0 Å². The van der Waals surface area contributed by atoms with Crippen LogP contribution in [0.2, 0.25) is 0 Å². The predicted octanol–water partition coefficient (Wildman–Crippen LogP) is 0.283. The molecule has 1 heterocycles. The van der Waals surface area contributed by atoms with E-state index in [0.29, 0.717) is 6.54 Å². The van der Waals surface area contributed by atoms with Crippen LogP contribution in [0.5, 0.6) is 0 Å². The van der Waals surface area contributed by atoms with Gasteiger partial charge in [-0.25, -0.2) is 0 Å². The van der Waals surface area contributed by atoms with E-state index in [2.05, 4.69) is 16.6 Å². The van der Waals surface area contributed by atoms with E-state index < -0.39 is 0 Å². The van der Waals surface area contributed by atoms with E-state index in [1.165, 1.54) is 0 Å². The van der Waals surface area contributed by atoms with Gasteiger partial charge in [0.05, 0.1) is 12.6 Å². The molecule has 0 bridgehead atoms. The maximum Gasteiger partial charge on any atom is 0.234 e. The summed E-state index contributed by atoms with van der Waals surface area (Å²) >= 11 is 0. The molecule has 90 valence electrons. The van der Waals surface area contributed by atoms with Gasteiger partial charge >= 0.3 is 0 Å². The number of ether oxygens (including phenoxy) is 1. The van der Waals surface area contributed by atoms with Crippen molar-refractivity contribution in [1.29, 1.82) is 0 Å². The summed E-state index contributed by atoms with van der Waals surface area (Å²) in [6.45, 7) is 3.76. The Labute approximate surface area is 97.1 Å². The van der Waals surface area contributed by atoms with Gasteiger partial charge < -0.3 is 10.1 Å². The normalized spacial score (nSPS) is 18.8. The first-order valence-electron chi connectivity index (χ1n) is 5.83. The average molecular weight is 224 g/mol. The standard InChI is InChI=1S/C12H20N2O2/c1-3-10(4-2)13-9-12(15)14-11-5-7-16-8-6-11/h1,10-11,13H,4-9H2,2H3,(H,14,15). The zero-order valence-electron chi connectivity index (χ0n) is 9.79. The van der Waals surface area contributed by atoms with Crippen LogP contribution in [0.15, 0.2) is 0 Å². The number of hydrogen-bond donors (Lipinski definition) is 2. The maximum atomic E-state index is 11.6. The molecule has 1 saturated heterocycles. The van der Waals surface area contributed by atoms with Gasteiger partial charge in [0.15, 0.2) is 0 Å². The van der Waals surface area contributed by atoms with Crippen LogP contribution in [-0.4, -0.2) is 37.7 Å². The van der Waals surface area contributed by atoms with Crippen molar-refractivity contribution in [3.05, 3.63) is 0 Å². The third kappa shape index (κ3) is 4.65. The number of amides is 1. The zero-order chi connectivity index (χ0) is 11.8. The van der Waals surface area contributed by atoms with Crippen molar-refractivity contribution in [2.24, 2.45) is 0 Å². The quantitative estimate of drug-likeness (QED) is 0.660. The second kappa shape index (κ2) is 7.26. The monoisotopic (exact) mass is 224 g/mol. The van der Waals surface area contributed by atoms with E-state index in [0.717, 1.165) is 32.5 Å². The molecule has 0 spiro atoms. The van der Waals surface area contributed by atoms with Crippen molar-refractivity contribution in [2.45, 2.75) is 38.3 Å². The molecule has 1 amide bonds. The zero-order valence-corrected chi connectivity index (χ0v) is 9.79. The predicted molar refractivity (Wildman–Crippen MR) is 62.9 cm³/mol. The molecule has 1 unspecified atom stereocenters. The van der Waals surface area contributed by atoms with Crippen LogP contribution >= 0.6 is 0 Å². The first-order valence-corrected chi connectivity index (χ1v) is 5.83. The van der Waals surface area contributed by atoms with E-state index in [1.807, 2.05) is 6.92 Å². The highest BCUT2D eigenvalue weighted by Gasteiger charge is 2.16. The van der Waals surface area contributed by atoms with Crippen molar-refractivity contribution >= 4 is 5.91 Å². The second-order valence-electron chi connectivity index (χ2n) is 3.96. The van der Waals surface area contributed by atoms with E-state index in [1.54, 1.807) is 0 Å². The van der Waals surface area contributed by atoms with Gasteiger partial charge in [-0.3, -0.25) is 10.1 Å². The van der Waals surface area contributed by atoms with Gasteiger partial charge in [0.1, 0.15) is 0 Å². The van der Waals surface area contributed by atoms with Gasteiger partial charge in [0.25, 0.3) is 0 Å². The second-order valence-corrected chi connectivity index (χ2v) is 3.96. The number of hydrogen-bond acceptors (Lipinski definition) is 3. The summed E-state index contributed by atoms with van der Waals surface area (Å²) in [6, 6.07) is 0.245. The minimum absolute atomic E-state index is 0.0135. The van der Waals surface area contributed by atoms with Gasteiger partial charge in [-0.15, -0.1) is 6.42 Å². The molecule has 0 radical (unpaired) electrons. The molecule has 4 heteroatoms. The Balaban J connectivity index is 2.17. The Hall–Kier alpha value is -1.05. The molecule has 1 aliphatic heterocycles. The largest absolute Gasteiger partial charge is 0.381 e. The van der Waals surface area contributed by atoms with Crippen LogP contribution in [0, 0.1) is 12.3 Å². The maximum absolute atomic E-state index is 11.6. The van der Waals surface area contributed by atoms with E-state index >= 15 is 0 Å². The molecular formula is C12H20N2O2. The van der Waals surface area contributed by atoms with Crippen molar-refractivity contribution in [3.8, 4) is 12.3 Å². The first-order chi connectivity index (χ1) is 7.76. The Kier molecular flexibility index (Phi) is 5.91. The van der Waals surface area contributed by atoms with Crippen LogP contribution in [0.3, 0.4) is 0 Å². The molecule has 0 aliphatic carbocycles. The molecule has 0 saturated carbocycles. The Bertz CT molecular complexity index is 254. The average Bonchev–Trinajstić information content (AvgIpc) is 2.31. The highest BCUT2D eigenvalue weighted by Crippen LogP contribution is 2.05. The molecule has 1 aliphatic rings. The summed E-state index contributed by atoms with van der Waals surface area (Å²) in [5, 5.41) is 6.00. The van der Waals surface area contributed by atoms with Crippen LogP contribution in [0.4, 0.5) is 0 Å². The Morgan fingerprint density at radius 1 is 1.56 bits per heavy atom. The van der Waals surface area contributed by atoms with Gasteiger partial charge in [-0.2, -0.15) is 0 Å².